The lowest BCUT2D eigenvalue weighted by molar-refractivity contribution is -0.121. The van der Waals surface area contributed by atoms with Gasteiger partial charge in [-0.3, -0.25) is 9.59 Å². The fourth-order valence-corrected chi connectivity index (χ4v) is 3.23. The van der Waals surface area contributed by atoms with Gasteiger partial charge in [-0.2, -0.15) is 0 Å². The first-order valence-electron chi connectivity index (χ1n) is 8.16. The summed E-state index contributed by atoms with van der Waals surface area (Å²) in [5.41, 5.74) is 5.75. The molecule has 2 aromatic carbocycles. The fraction of sp³-hybridized carbons (Fsp3) is 0.300. The number of benzene rings is 2. The van der Waals surface area contributed by atoms with Crippen LogP contribution in [0.15, 0.2) is 36.4 Å². The van der Waals surface area contributed by atoms with E-state index in [2.05, 4.69) is 5.32 Å². The molecule has 4 nitrogen and oxygen atoms in total. The molecule has 1 aliphatic rings. The lowest BCUT2D eigenvalue weighted by atomic mass is 10.1. The van der Waals surface area contributed by atoms with Crippen molar-refractivity contribution in [3.8, 4) is 0 Å². The topological polar surface area (TPSA) is 49.4 Å². The summed E-state index contributed by atoms with van der Waals surface area (Å²) in [4.78, 5) is 26.7. The first kappa shape index (κ1) is 16.2. The number of carbonyl (C=O) groups is 2. The number of hydrogen-bond donors (Lipinski definition) is 1. The molecule has 2 amide bonds. The zero-order valence-corrected chi connectivity index (χ0v) is 14.5. The summed E-state index contributed by atoms with van der Waals surface area (Å²) in [6.07, 6.45) is 0.181. The van der Waals surface area contributed by atoms with E-state index in [9.17, 15) is 9.59 Å². The van der Waals surface area contributed by atoms with E-state index in [0.717, 1.165) is 33.6 Å². The number of nitrogens with one attached hydrogen (secondary N) is 1. The lowest BCUT2D eigenvalue weighted by Gasteiger charge is -2.20. The molecule has 2 aromatic rings. The van der Waals surface area contributed by atoms with E-state index in [0.29, 0.717) is 0 Å². The average molecular weight is 322 g/mol. The van der Waals surface area contributed by atoms with Gasteiger partial charge in [-0.05, 0) is 56.0 Å². The fourth-order valence-electron chi connectivity index (χ4n) is 3.23. The van der Waals surface area contributed by atoms with Crippen molar-refractivity contribution in [2.45, 2.75) is 40.2 Å². The second kappa shape index (κ2) is 6.11. The van der Waals surface area contributed by atoms with Gasteiger partial charge in [-0.25, -0.2) is 4.90 Å². The maximum absolute atomic E-state index is 12.9. The van der Waals surface area contributed by atoms with Gasteiger partial charge < -0.3 is 5.32 Å². The quantitative estimate of drug-likeness (QED) is 0.877. The summed E-state index contributed by atoms with van der Waals surface area (Å²) in [7, 11) is 0. The van der Waals surface area contributed by atoms with Gasteiger partial charge in [0.15, 0.2) is 0 Å². The van der Waals surface area contributed by atoms with Crippen LogP contribution in [0.3, 0.4) is 0 Å². The van der Waals surface area contributed by atoms with Crippen LogP contribution in [-0.4, -0.2) is 17.9 Å². The monoisotopic (exact) mass is 322 g/mol. The Morgan fingerprint density at radius 2 is 1.50 bits per heavy atom. The van der Waals surface area contributed by atoms with Crippen molar-refractivity contribution < 1.29 is 9.59 Å². The maximum atomic E-state index is 12.9. The summed E-state index contributed by atoms with van der Waals surface area (Å²) in [5, 5.41) is 3.26. The van der Waals surface area contributed by atoms with Crippen LogP contribution in [-0.2, 0) is 9.59 Å². The third kappa shape index (κ3) is 2.68. The van der Waals surface area contributed by atoms with Crippen molar-refractivity contribution >= 4 is 23.2 Å². The molecule has 0 saturated carbocycles. The summed E-state index contributed by atoms with van der Waals surface area (Å²) in [5.74, 6) is -0.335. The largest absolute Gasteiger partial charge is 0.373 e. The Labute approximate surface area is 142 Å². The van der Waals surface area contributed by atoms with E-state index in [1.807, 2.05) is 64.1 Å². The van der Waals surface area contributed by atoms with Crippen molar-refractivity contribution in [3.63, 3.8) is 0 Å². The molecule has 0 radical (unpaired) electrons. The van der Waals surface area contributed by atoms with Crippen molar-refractivity contribution in [1.82, 2.24) is 0 Å². The second-order valence-electron chi connectivity index (χ2n) is 6.46. The SMILES string of the molecule is Cc1cccc(N[C@H]2CC(=O)N(c3c(C)cccc3C)C2=O)c1C. The van der Waals surface area contributed by atoms with E-state index in [1.54, 1.807) is 0 Å². The summed E-state index contributed by atoms with van der Waals surface area (Å²) in [6, 6.07) is 11.2. The van der Waals surface area contributed by atoms with Crippen LogP contribution in [0.1, 0.15) is 28.7 Å². The van der Waals surface area contributed by atoms with Crippen LogP contribution in [0.25, 0.3) is 0 Å². The molecule has 0 aromatic heterocycles. The van der Waals surface area contributed by atoms with Crippen molar-refractivity contribution in [2.24, 2.45) is 0 Å². The lowest BCUT2D eigenvalue weighted by Crippen LogP contribution is -2.35. The van der Waals surface area contributed by atoms with Gasteiger partial charge in [-0.1, -0.05) is 30.3 Å². The number of carbonyl (C=O) groups excluding carboxylic acids is 2. The summed E-state index contributed by atoms with van der Waals surface area (Å²) >= 11 is 0. The molecule has 3 rings (SSSR count). The molecular formula is C20H22N2O2. The van der Waals surface area contributed by atoms with Crippen LogP contribution in [0.5, 0.6) is 0 Å². The zero-order chi connectivity index (χ0) is 17.4. The highest BCUT2D eigenvalue weighted by Gasteiger charge is 2.40. The van der Waals surface area contributed by atoms with Gasteiger partial charge in [-0.15, -0.1) is 0 Å². The van der Waals surface area contributed by atoms with E-state index < -0.39 is 6.04 Å². The van der Waals surface area contributed by atoms with Crippen molar-refractivity contribution in [3.05, 3.63) is 58.7 Å². The molecular weight excluding hydrogens is 300 g/mol. The molecule has 1 atom stereocenters. The first-order chi connectivity index (χ1) is 11.4. The Kier molecular flexibility index (Phi) is 4.14. The van der Waals surface area contributed by atoms with Gasteiger partial charge in [0.1, 0.15) is 6.04 Å². The maximum Gasteiger partial charge on any atom is 0.256 e. The van der Waals surface area contributed by atoms with E-state index in [1.165, 1.54) is 4.90 Å². The first-order valence-corrected chi connectivity index (χ1v) is 8.16. The molecule has 0 spiro atoms. The molecule has 0 unspecified atom stereocenters. The number of imide groups is 1. The molecule has 1 N–H and O–H groups in total. The predicted octanol–water partition coefficient (Wildman–Crippen LogP) is 3.66. The molecule has 0 bridgehead atoms. The summed E-state index contributed by atoms with van der Waals surface area (Å²) in [6.45, 7) is 7.90. The molecule has 1 saturated heterocycles. The molecule has 1 aliphatic heterocycles. The summed E-state index contributed by atoms with van der Waals surface area (Å²) < 4.78 is 0. The molecule has 1 heterocycles. The molecule has 4 heteroatoms. The standard InChI is InChI=1S/C20H22N2O2/c1-12-7-6-10-16(15(12)4)21-17-11-18(23)22(20(17)24)19-13(2)8-5-9-14(19)3/h5-10,17,21H,11H2,1-4H3/t17-/m0/s1. The third-order valence-electron chi connectivity index (χ3n) is 4.74. The van der Waals surface area contributed by atoms with Crippen molar-refractivity contribution in [1.29, 1.82) is 0 Å². The Hall–Kier alpha value is -2.62. The predicted molar refractivity (Wildman–Crippen MR) is 96.4 cm³/mol. The number of aryl methyl sites for hydroxylation is 3. The normalized spacial score (nSPS) is 17.5. The van der Waals surface area contributed by atoms with Crippen LogP contribution < -0.4 is 10.2 Å². The van der Waals surface area contributed by atoms with Crippen LogP contribution >= 0.6 is 0 Å². The number of rotatable bonds is 3. The second-order valence-corrected chi connectivity index (χ2v) is 6.46. The van der Waals surface area contributed by atoms with E-state index >= 15 is 0 Å². The van der Waals surface area contributed by atoms with Gasteiger partial charge in [0.25, 0.3) is 5.91 Å². The Morgan fingerprint density at radius 1 is 0.917 bits per heavy atom. The average Bonchev–Trinajstić information content (AvgIpc) is 2.79. The highest BCUT2D eigenvalue weighted by molar-refractivity contribution is 6.23. The van der Waals surface area contributed by atoms with Crippen LogP contribution in [0, 0.1) is 27.7 Å². The van der Waals surface area contributed by atoms with Gasteiger partial charge in [0.05, 0.1) is 12.1 Å². The minimum absolute atomic E-state index is 0.153. The molecule has 24 heavy (non-hydrogen) atoms. The van der Waals surface area contributed by atoms with Crippen LogP contribution in [0.4, 0.5) is 11.4 Å². The highest BCUT2D eigenvalue weighted by atomic mass is 16.2. The number of para-hydroxylation sites is 1. The molecule has 0 aliphatic carbocycles. The Morgan fingerprint density at radius 3 is 2.17 bits per heavy atom. The van der Waals surface area contributed by atoms with Gasteiger partial charge >= 0.3 is 0 Å². The molecule has 124 valence electrons. The zero-order valence-electron chi connectivity index (χ0n) is 14.5. The Balaban J connectivity index is 1.91. The minimum Gasteiger partial charge on any atom is -0.373 e. The van der Waals surface area contributed by atoms with Gasteiger partial charge in [0, 0.05) is 5.69 Å². The minimum atomic E-state index is -0.517. The number of hydrogen-bond acceptors (Lipinski definition) is 3. The number of nitrogens with zero attached hydrogens (tertiary/aromatic N) is 1. The van der Waals surface area contributed by atoms with E-state index in [-0.39, 0.29) is 18.2 Å². The highest BCUT2D eigenvalue weighted by Crippen LogP contribution is 2.31. The Bertz CT molecular complexity index is 806. The van der Waals surface area contributed by atoms with Crippen molar-refractivity contribution in [2.75, 3.05) is 10.2 Å². The van der Waals surface area contributed by atoms with E-state index in [4.69, 9.17) is 0 Å². The molecule has 1 fully saturated rings. The van der Waals surface area contributed by atoms with Crippen LogP contribution in [0.2, 0.25) is 0 Å². The smallest absolute Gasteiger partial charge is 0.256 e. The third-order valence-corrected chi connectivity index (χ3v) is 4.74. The number of anilines is 2. The number of amides is 2. The van der Waals surface area contributed by atoms with Gasteiger partial charge in [0.2, 0.25) is 5.91 Å².